The molecule has 0 saturated heterocycles. The largest absolute Gasteiger partial charge is 0.324 e. The van der Waals surface area contributed by atoms with Crippen LogP contribution in [0.3, 0.4) is 0 Å². The lowest BCUT2D eigenvalue weighted by Gasteiger charge is -2.08. The number of anilines is 1. The Morgan fingerprint density at radius 1 is 1.30 bits per heavy atom. The highest BCUT2D eigenvalue weighted by Crippen LogP contribution is 2.25. The molecule has 0 atom stereocenters. The molecule has 0 spiro atoms. The van der Waals surface area contributed by atoms with E-state index >= 15 is 0 Å². The van der Waals surface area contributed by atoms with Crippen molar-refractivity contribution in [2.24, 2.45) is 7.05 Å². The van der Waals surface area contributed by atoms with E-state index in [1.165, 1.54) is 11.8 Å². The van der Waals surface area contributed by atoms with Gasteiger partial charge in [0.2, 0.25) is 5.91 Å². The maximum absolute atomic E-state index is 12.2. The summed E-state index contributed by atoms with van der Waals surface area (Å²) in [6.45, 7) is 2.01. The molecule has 2 aromatic carbocycles. The van der Waals surface area contributed by atoms with Crippen molar-refractivity contribution in [2.75, 3.05) is 11.1 Å². The summed E-state index contributed by atoms with van der Waals surface area (Å²) in [6.07, 6.45) is 0. The van der Waals surface area contributed by atoms with Gasteiger partial charge in [-0.25, -0.2) is 4.98 Å². The van der Waals surface area contributed by atoms with Gasteiger partial charge in [-0.05, 0) is 52.7 Å². The predicted molar refractivity (Wildman–Crippen MR) is 98.9 cm³/mol. The molecule has 1 N–H and O–H groups in total. The van der Waals surface area contributed by atoms with Crippen molar-refractivity contribution in [3.63, 3.8) is 0 Å². The molecule has 3 aromatic rings. The van der Waals surface area contributed by atoms with Crippen LogP contribution in [-0.2, 0) is 11.8 Å². The third-order valence-electron chi connectivity index (χ3n) is 3.48. The number of thioether (sulfide) groups is 1. The number of carbonyl (C=O) groups is 1. The van der Waals surface area contributed by atoms with Crippen LogP contribution < -0.4 is 5.32 Å². The summed E-state index contributed by atoms with van der Waals surface area (Å²) in [7, 11) is 1.96. The van der Waals surface area contributed by atoms with Gasteiger partial charge in [-0.1, -0.05) is 30.0 Å². The smallest absolute Gasteiger partial charge is 0.234 e. The number of halogens is 1. The predicted octanol–water partition coefficient (Wildman–Crippen LogP) is 4.38. The highest BCUT2D eigenvalue weighted by atomic mass is 79.9. The Morgan fingerprint density at radius 3 is 2.83 bits per heavy atom. The number of nitrogens with zero attached hydrogens (tertiary/aromatic N) is 2. The summed E-state index contributed by atoms with van der Waals surface area (Å²) in [5.74, 6) is 0.268. The minimum absolute atomic E-state index is 0.0494. The standard InChI is InChI=1S/C17H16BrN3OS/c1-11-7-8-13(12(18)9-11)19-16(22)10-23-17-20-14-5-3-4-6-15(14)21(17)2/h3-9H,10H2,1-2H3,(H,19,22). The minimum Gasteiger partial charge on any atom is -0.324 e. The molecule has 0 unspecified atom stereocenters. The minimum atomic E-state index is -0.0494. The Labute approximate surface area is 147 Å². The van der Waals surface area contributed by atoms with Crippen LogP contribution in [0.2, 0.25) is 0 Å². The van der Waals surface area contributed by atoms with Crippen molar-refractivity contribution in [2.45, 2.75) is 12.1 Å². The second-order valence-electron chi connectivity index (χ2n) is 5.26. The lowest BCUT2D eigenvalue weighted by Crippen LogP contribution is -2.14. The molecule has 1 heterocycles. The van der Waals surface area contributed by atoms with Gasteiger partial charge >= 0.3 is 0 Å². The number of para-hydroxylation sites is 2. The van der Waals surface area contributed by atoms with E-state index < -0.39 is 0 Å². The fourth-order valence-electron chi connectivity index (χ4n) is 2.29. The third kappa shape index (κ3) is 3.59. The van der Waals surface area contributed by atoms with Gasteiger partial charge < -0.3 is 9.88 Å². The maximum atomic E-state index is 12.2. The number of aromatic nitrogens is 2. The number of hydrogen-bond acceptors (Lipinski definition) is 3. The molecule has 0 saturated carbocycles. The van der Waals surface area contributed by atoms with Crippen LogP contribution in [0, 0.1) is 6.92 Å². The molecular weight excluding hydrogens is 374 g/mol. The van der Waals surface area contributed by atoms with E-state index in [2.05, 4.69) is 26.2 Å². The van der Waals surface area contributed by atoms with E-state index in [9.17, 15) is 4.79 Å². The zero-order valence-electron chi connectivity index (χ0n) is 12.8. The molecule has 0 aliphatic rings. The molecule has 0 fully saturated rings. The Morgan fingerprint density at radius 2 is 2.09 bits per heavy atom. The van der Waals surface area contributed by atoms with E-state index in [0.29, 0.717) is 5.75 Å². The molecule has 0 radical (unpaired) electrons. The molecular formula is C17H16BrN3OS. The molecule has 0 bridgehead atoms. The van der Waals surface area contributed by atoms with Gasteiger partial charge in [-0.3, -0.25) is 4.79 Å². The van der Waals surface area contributed by atoms with Crippen LogP contribution in [-0.4, -0.2) is 21.2 Å². The lowest BCUT2D eigenvalue weighted by atomic mass is 10.2. The first kappa shape index (κ1) is 16.1. The number of carbonyl (C=O) groups excluding carboxylic acids is 1. The lowest BCUT2D eigenvalue weighted by molar-refractivity contribution is -0.113. The molecule has 1 amide bonds. The van der Waals surface area contributed by atoms with Crippen LogP contribution in [0.25, 0.3) is 11.0 Å². The van der Waals surface area contributed by atoms with Crippen molar-refractivity contribution >= 4 is 50.3 Å². The molecule has 23 heavy (non-hydrogen) atoms. The summed E-state index contributed by atoms with van der Waals surface area (Å²) in [5, 5.41) is 3.75. The van der Waals surface area contributed by atoms with Crippen molar-refractivity contribution < 1.29 is 4.79 Å². The van der Waals surface area contributed by atoms with E-state index in [1.54, 1.807) is 0 Å². The Kier molecular flexibility index (Phi) is 4.73. The van der Waals surface area contributed by atoms with Crippen molar-refractivity contribution in [1.29, 1.82) is 0 Å². The number of amides is 1. The normalized spacial score (nSPS) is 10.9. The number of benzene rings is 2. The Hall–Kier alpha value is -1.79. The van der Waals surface area contributed by atoms with E-state index in [0.717, 1.165) is 31.9 Å². The van der Waals surface area contributed by atoms with Gasteiger partial charge in [0.05, 0.1) is 22.5 Å². The van der Waals surface area contributed by atoms with E-state index in [4.69, 9.17) is 0 Å². The van der Waals surface area contributed by atoms with Gasteiger partial charge in [0.1, 0.15) is 0 Å². The van der Waals surface area contributed by atoms with Crippen LogP contribution in [0.15, 0.2) is 52.1 Å². The van der Waals surface area contributed by atoms with E-state index in [1.807, 2.05) is 61.0 Å². The van der Waals surface area contributed by atoms with Crippen LogP contribution in [0.1, 0.15) is 5.56 Å². The maximum Gasteiger partial charge on any atom is 0.234 e. The van der Waals surface area contributed by atoms with Gasteiger partial charge in [-0.2, -0.15) is 0 Å². The van der Waals surface area contributed by atoms with Crippen LogP contribution >= 0.6 is 27.7 Å². The molecule has 3 rings (SSSR count). The number of imidazole rings is 1. The average molecular weight is 390 g/mol. The zero-order chi connectivity index (χ0) is 16.4. The highest BCUT2D eigenvalue weighted by molar-refractivity contribution is 9.10. The molecule has 0 aliphatic carbocycles. The highest BCUT2D eigenvalue weighted by Gasteiger charge is 2.11. The SMILES string of the molecule is Cc1ccc(NC(=O)CSc2nc3ccccc3n2C)c(Br)c1. The van der Waals surface area contributed by atoms with E-state index in [-0.39, 0.29) is 5.91 Å². The third-order valence-corrected chi connectivity index (χ3v) is 5.16. The summed E-state index contributed by atoms with van der Waals surface area (Å²) in [6, 6.07) is 13.8. The second-order valence-corrected chi connectivity index (χ2v) is 7.06. The number of aryl methyl sites for hydroxylation is 2. The quantitative estimate of drug-likeness (QED) is 0.673. The fraction of sp³-hybridized carbons (Fsp3) is 0.176. The summed E-state index contributed by atoms with van der Waals surface area (Å²) < 4.78 is 2.90. The number of nitrogens with one attached hydrogen (secondary N) is 1. The monoisotopic (exact) mass is 389 g/mol. The number of fused-ring (bicyclic) bond motifs is 1. The molecule has 4 nitrogen and oxygen atoms in total. The van der Waals surface area contributed by atoms with Crippen molar-refractivity contribution in [1.82, 2.24) is 9.55 Å². The first-order valence-corrected chi connectivity index (χ1v) is 8.93. The van der Waals surface area contributed by atoms with Crippen molar-refractivity contribution in [3.8, 4) is 0 Å². The Bertz CT molecular complexity index is 875. The Balaban J connectivity index is 1.67. The summed E-state index contributed by atoms with van der Waals surface area (Å²) >= 11 is 4.90. The van der Waals surface area contributed by atoms with Gasteiger partial charge in [0.15, 0.2) is 5.16 Å². The fourth-order valence-corrected chi connectivity index (χ4v) is 3.67. The van der Waals surface area contributed by atoms with Crippen molar-refractivity contribution in [3.05, 3.63) is 52.5 Å². The molecule has 6 heteroatoms. The van der Waals surface area contributed by atoms with Gasteiger partial charge in [0.25, 0.3) is 0 Å². The van der Waals surface area contributed by atoms with Gasteiger partial charge in [-0.15, -0.1) is 0 Å². The topological polar surface area (TPSA) is 46.9 Å². The first-order valence-electron chi connectivity index (χ1n) is 7.15. The van der Waals surface area contributed by atoms with Crippen LogP contribution in [0.5, 0.6) is 0 Å². The first-order chi connectivity index (χ1) is 11.0. The average Bonchev–Trinajstić information content (AvgIpc) is 2.85. The summed E-state index contributed by atoms with van der Waals surface area (Å²) in [5.41, 5.74) is 3.94. The molecule has 1 aromatic heterocycles. The van der Waals surface area contributed by atoms with Gasteiger partial charge in [0, 0.05) is 11.5 Å². The van der Waals surface area contributed by atoms with Crippen LogP contribution in [0.4, 0.5) is 5.69 Å². The number of hydrogen-bond donors (Lipinski definition) is 1. The zero-order valence-corrected chi connectivity index (χ0v) is 15.2. The summed E-state index contributed by atoms with van der Waals surface area (Å²) in [4.78, 5) is 16.7. The molecule has 0 aliphatic heterocycles. The number of rotatable bonds is 4. The molecule has 118 valence electrons. The second kappa shape index (κ2) is 6.76.